The lowest BCUT2D eigenvalue weighted by molar-refractivity contribution is -0.337. The molecule has 11 heteroatoms. The topological polar surface area (TPSA) is 107 Å². The number of rotatable bonds is 19. The summed E-state index contributed by atoms with van der Waals surface area (Å²) in [7, 11) is -1.22. The first-order valence-electron chi connectivity index (χ1n) is 15.8. The molecule has 4 atom stereocenters. The molecule has 1 aliphatic heterocycles. The molecule has 0 aliphatic carbocycles. The van der Waals surface area contributed by atoms with Crippen LogP contribution < -0.4 is 0 Å². The third-order valence-corrected chi connectivity index (χ3v) is 18.8. The second-order valence-corrected chi connectivity index (χ2v) is 21.4. The summed E-state index contributed by atoms with van der Waals surface area (Å²) in [5.41, 5.74) is -0.773. The van der Waals surface area contributed by atoms with Gasteiger partial charge in [0.05, 0.1) is 31.3 Å². The zero-order valence-corrected chi connectivity index (χ0v) is 30.1. The number of methoxy groups -OCH3 is 2. The Balaban J connectivity index is 3.68. The fraction of sp³-hybridized carbons (Fsp3) is 0.839. The van der Waals surface area contributed by atoms with Gasteiger partial charge in [0.2, 0.25) is 5.79 Å². The van der Waals surface area contributed by atoms with Crippen molar-refractivity contribution in [3.63, 3.8) is 0 Å². The molecule has 42 heavy (non-hydrogen) atoms. The van der Waals surface area contributed by atoms with Gasteiger partial charge in [-0.1, -0.05) is 48.5 Å². The second kappa shape index (κ2) is 17.2. The van der Waals surface area contributed by atoms with Crippen LogP contribution in [0.3, 0.4) is 0 Å². The highest BCUT2D eigenvalue weighted by atomic mass is 28.4. The Labute approximate surface area is 256 Å². The lowest BCUT2D eigenvalue weighted by Crippen LogP contribution is -2.64. The van der Waals surface area contributed by atoms with Crippen LogP contribution >= 0.6 is 0 Å². The largest absolute Gasteiger partial charge is 0.466 e. The fourth-order valence-electron chi connectivity index (χ4n) is 5.92. The van der Waals surface area contributed by atoms with Gasteiger partial charge in [-0.15, -0.1) is 0 Å². The molecule has 0 radical (unpaired) electrons. The van der Waals surface area contributed by atoms with E-state index in [2.05, 4.69) is 41.5 Å². The van der Waals surface area contributed by atoms with E-state index in [9.17, 15) is 14.4 Å². The molecule has 0 aromatic heterocycles. The van der Waals surface area contributed by atoms with E-state index in [0.29, 0.717) is 18.6 Å². The summed E-state index contributed by atoms with van der Waals surface area (Å²) in [5.74, 6) is -2.77. The minimum Gasteiger partial charge on any atom is -0.466 e. The van der Waals surface area contributed by atoms with Crippen LogP contribution in [0.2, 0.25) is 36.3 Å². The Kier molecular flexibility index (Phi) is 15.8. The Hall–Kier alpha value is -1.38. The van der Waals surface area contributed by atoms with Crippen LogP contribution in [-0.2, 0) is 42.2 Å². The minimum atomic E-state index is -2.03. The van der Waals surface area contributed by atoms with Crippen LogP contribution in [-0.4, -0.2) is 79.8 Å². The minimum absolute atomic E-state index is 0.107. The van der Waals surface area contributed by atoms with Gasteiger partial charge in [-0.05, 0) is 62.1 Å². The predicted molar refractivity (Wildman–Crippen MR) is 169 cm³/mol. The molecule has 0 aromatic carbocycles. The first kappa shape index (κ1) is 38.6. The van der Waals surface area contributed by atoms with E-state index in [-0.39, 0.29) is 18.9 Å². The molecule has 1 aliphatic rings. The maximum Gasteiger partial charge on any atom is 0.330 e. The van der Waals surface area contributed by atoms with Gasteiger partial charge in [-0.2, -0.15) is 0 Å². The molecule has 0 bridgehead atoms. The SMILES string of the molecule is CCC(=O)O[C@H]1/C(=C/C(=O)OC)CC(CC(CO[Si](CC)(CC)CC)O[Si](CC)(CC)CC)O[C@@]1(OC)C(C)(C)C=O. The highest BCUT2D eigenvalue weighted by Crippen LogP contribution is 2.47. The van der Waals surface area contributed by atoms with Gasteiger partial charge in [0.25, 0.3) is 0 Å². The third kappa shape index (κ3) is 9.07. The smallest absolute Gasteiger partial charge is 0.330 e. The van der Waals surface area contributed by atoms with Crippen LogP contribution in [0.4, 0.5) is 0 Å². The summed E-state index contributed by atoms with van der Waals surface area (Å²) >= 11 is 0. The van der Waals surface area contributed by atoms with Gasteiger partial charge in [0.1, 0.15) is 6.29 Å². The molecule has 0 spiro atoms. The van der Waals surface area contributed by atoms with E-state index in [1.54, 1.807) is 20.8 Å². The monoisotopic (exact) mass is 630 g/mol. The number of hydrogen-bond donors (Lipinski definition) is 0. The average molecular weight is 631 g/mol. The van der Waals surface area contributed by atoms with Crippen molar-refractivity contribution >= 4 is 34.9 Å². The number of hydrogen-bond acceptors (Lipinski definition) is 9. The number of carbonyl (C=O) groups excluding carboxylic acids is 3. The Morgan fingerprint density at radius 1 is 0.976 bits per heavy atom. The van der Waals surface area contributed by atoms with E-state index in [0.717, 1.165) is 42.6 Å². The maximum absolute atomic E-state index is 12.6. The van der Waals surface area contributed by atoms with Crippen LogP contribution in [0, 0.1) is 5.41 Å². The van der Waals surface area contributed by atoms with Gasteiger partial charge < -0.3 is 32.6 Å². The van der Waals surface area contributed by atoms with Gasteiger partial charge >= 0.3 is 11.9 Å². The van der Waals surface area contributed by atoms with E-state index in [1.807, 2.05) is 0 Å². The van der Waals surface area contributed by atoms with Crippen molar-refractivity contribution < 1.29 is 42.2 Å². The average Bonchev–Trinajstić information content (AvgIpc) is 3.01. The number of esters is 2. The quantitative estimate of drug-likeness (QED) is 0.0678. The summed E-state index contributed by atoms with van der Waals surface area (Å²) in [6.07, 6.45) is 1.02. The highest BCUT2D eigenvalue weighted by molar-refractivity contribution is 6.74. The van der Waals surface area contributed by atoms with Crippen molar-refractivity contribution in [2.24, 2.45) is 5.41 Å². The van der Waals surface area contributed by atoms with Crippen molar-refractivity contribution in [1.29, 1.82) is 0 Å². The van der Waals surface area contributed by atoms with Gasteiger partial charge in [-0.25, -0.2) is 4.79 Å². The van der Waals surface area contributed by atoms with E-state index in [1.165, 1.54) is 20.3 Å². The Bertz CT molecular complexity index is 882. The zero-order valence-electron chi connectivity index (χ0n) is 28.1. The van der Waals surface area contributed by atoms with Crippen molar-refractivity contribution in [2.75, 3.05) is 20.8 Å². The summed E-state index contributed by atoms with van der Waals surface area (Å²) in [5, 5.41) is 0. The molecule has 1 rings (SSSR count). The lowest BCUT2D eigenvalue weighted by atomic mass is 9.75. The van der Waals surface area contributed by atoms with Gasteiger partial charge in [-0.3, -0.25) is 4.79 Å². The first-order chi connectivity index (χ1) is 19.8. The summed E-state index contributed by atoms with van der Waals surface area (Å²) in [6, 6.07) is 6.05. The van der Waals surface area contributed by atoms with Crippen molar-refractivity contribution in [3.8, 4) is 0 Å². The van der Waals surface area contributed by atoms with E-state index >= 15 is 0 Å². The standard InChI is InChI=1S/C31H58O9Si2/c1-12-27(33)38-29-24(20-28(34)35-10)19-25(39-31(29,36-11)30(8,9)23-32)21-26(40-42(16-5,17-6)18-7)22-37-41(13-2,14-3)15-4/h20,23,25-26,29H,12-19,21-22H2,1-11H3/b24-20+/t25?,26?,29-,31+/m0/s1. The molecule has 0 saturated carbocycles. The van der Waals surface area contributed by atoms with E-state index < -0.39 is 52.0 Å². The highest BCUT2D eigenvalue weighted by Gasteiger charge is 2.60. The molecule has 0 amide bonds. The Morgan fingerprint density at radius 2 is 1.52 bits per heavy atom. The zero-order chi connectivity index (χ0) is 32.2. The molecule has 1 fully saturated rings. The molecule has 1 heterocycles. The number of carbonyl (C=O) groups is 3. The van der Waals surface area contributed by atoms with Crippen LogP contribution in [0.1, 0.15) is 81.6 Å². The van der Waals surface area contributed by atoms with Crippen LogP contribution in [0.15, 0.2) is 11.6 Å². The summed E-state index contributed by atoms with van der Waals surface area (Å²) in [6.45, 7) is 18.7. The molecular weight excluding hydrogens is 573 g/mol. The molecule has 0 aromatic rings. The number of ether oxygens (including phenoxy) is 4. The molecule has 244 valence electrons. The molecule has 1 saturated heterocycles. The maximum atomic E-state index is 12.6. The van der Waals surface area contributed by atoms with E-state index in [4.69, 9.17) is 27.8 Å². The predicted octanol–water partition coefficient (Wildman–Crippen LogP) is 6.57. The summed E-state index contributed by atoms with van der Waals surface area (Å²) in [4.78, 5) is 37.6. The Morgan fingerprint density at radius 3 is 1.95 bits per heavy atom. The molecule has 9 nitrogen and oxygen atoms in total. The first-order valence-corrected chi connectivity index (χ1v) is 20.8. The number of aldehydes is 1. The van der Waals surface area contributed by atoms with Crippen LogP contribution in [0.5, 0.6) is 0 Å². The molecular formula is C31H58O9Si2. The second-order valence-electron chi connectivity index (χ2n) is 11.9. The van der Waals surface area contributed by atoms with Crippen molar-refractivity contribution in [1.82, 2.24) is 0 Å². The lowest BCUT2D eigenvalue weighted by Gasteiger charge is -2.52. The summed E-state index contributed by atoms with van der Waals surface area (Å²) < 4.78 is 37.3. The normalized spacial score (nSPS) is 23.5. The van der Waals surface area contributed by atoms with Crippen molar-refractivity contribution in [3.05, 3.63) is 11.6 Å². The van der Waals surface area contributed by atoms with Gasteiger partial charge in [0.15, 0.2) is 22.7 Å². The van der Waals surface area contributed by atoms with Crippen LogP contribution in [0.25, 0.3) is 0 Å². The fourth-order valence-corrected chi connectivity index (χ4v) is 11.4. The van der Waals surface area contributed by atoms with Crippen molar-refractivity contribution in [2.45, 2.75) is 142 Å². The third-order valence-electron chi connectivity index (χ3n) is 9.41. The molecule has 0 N–H and O–H groups in total. The molecule has 2 unspecified atom stereocenters. The van der Waals surface area contributed by atoms with Gasteiger partial charge in [0, 0.05) is 26.0 Å².